The molecule has 1 heterocycles. The highest BCUT2D eigenvalue weighted by atomic mass is 16.5. The van der Waals surface area contributed by atoms with Gasteiger partial charge in [0.1, 0.15) is 5.75 Å². The van der Waals surface area contributed by atoms with E-state index in [1.165, 1.54) is 11.1 Å². The van der Waals surface area contributed by atoms with Crippen LogP contribution in [0.15, 0.2) is 54.6 Å². The Morgan fingerprint density at radius 2 is 1.92 bits per heavy atom. The quantitative estimate of drug-likeness (QED) is 0.906. The van der Waals surface area contributed by atoms with Gasteiger partial charge in [0.2, 0.25) is 5.91 Å². The van der Waals surface area contributed by atoms with Gasteiger partial charge in [0, 0.05) is 25.6 Å². The van der Waals surface area contributed by atoms with E-state index in [0.29, 0.717) is 6.42 Å². The van der Waals surface area contributed by atoms with E-state index in [1.54, 1.807) is 7.11 Å². The highest BCUT2D eigenvalue weighted by Crippen LogP contribution is 2.28. The fourth-order valence-electron chi connectivity index (χ4n) is 3.58. The lowest BCUT2D eigenvalue weighted by Gasteiger charge is -2.33. The summed E-state index contributed by atoms with van der Waals surface area (Å²) >= 11 is 0. The molecule has 1 amide bonds. The Kier molecular flexibility index (Phi) is 6.67. The van der Waals surface area contributed by atoms with Crippen molar-refractivity contribution in [1.29, 1.82) is 0 Å². The van der Waals surface area contributed by atoms with Crippen LogP contribution in [0.3, 0.4) is 0 Å². The van der Waals surface area contributed by atoms with Crippen LogP contribution in [-0.2, 0) is 11.3 Å². The maximum Gasteiger partial charge on any atom is 0.221 e. The minimum absolute atomic E-state index is 0.0838. The molecule has 2 aromatic carbocycles. The zero-order valence-electron chi connectivity index (χ0n) is 15.5. The highest BCUT2D eigenvalue weighted by molar-refractivity contribution is 5.76. The first-order valence-corrected chi connectivity index (χ1v) is 9.45. The first kappa shape index (κ1) is 18.5. The predicted molar refractivity (Wildman–Crippen MR) is 104 cm³/mol. The fraction of sp³-hybridized carbons (Fsp3) is 0.409. The van der Waals surface area contributed by atoms with Crippen molar-refractivity contribution in [2.24, 2.45) is 0 Å². The number of carbonyl (C=O) groups is 1. The minimum Gasteiger partial charge on any atom is -0.497 e. The second-order valence-corrected chi connectivity index (χ2v) is 6.86. The summed E-state index contributed by atoms with van der Waals surface area (Å²) in [5.41, 5.74) is 2.41. The van der Waals surface area contributed by atoms with Gasteiger partial charge in [-0.25, -0.2) is 0 Å². The van der Waals surface area contributed by atoms with Crippen molar-refractivity contribution >= 4 is 5.91 Å². The lowest BCUT2D eigenvalue weighted by atomic mass is 9.99. The molecule has 0 bridgehead atoms. The van der Waals surface area contributed by atoms with Gasteiger partial charge in [-0.05, 0) is 42.6 Å². The third-order valence-corrected chi connectivity index (χ3v) is 4.97. The number of methoxy groups -OCH3 is 1. The van der Waals surface area contributed by atoms with Crippen molar-refractivity contribution < 1.29 is 9.53 Å². The van der Waals surface area contributed by atoms with Crippen LogP contribution in [0.4, 0.5) is 0 Å². The molecule has 1 atom stereocenters. The van der Waals surface area contributed by atoms with E-state index in [-0.39, 0.29) is 11.9 Å². The second kappa shape index (κ2) is 9.39. The minimum atomic E-state index is 0.0838. The summed E-state index contributed by atoms with van der Waals surface area (Å²) in [6.45, 7) is 2.59. The molecule has 0 radical (unpaired) electrons. The zero-order valence-corrected chi connectivity index (χ0v) is 15.5. The van der Waals surface area contributed by atoms with Crippen molar-refractivity contribution in [1.82, 2.24) is 10.2 Å². The molecule has 0 saturated carbocycles. The van der Waals surface area contributed by atoms with Gasteiger partial charge >= 0.3 is 0 Å². The van der Waals surface area contributed by atoms with Crippen LogP contribution in [0.25, 0.3) is 0 Å². The second-order valence-electron chi connectivity index (χ2n) is 6.86. The molecule has 138 valence electrons. The number of amides is 1. The van der Waals surface area contributed by atoms with Crippen LogP contribution in [0.2, 0.25) is 0 Å². The number of hydrogen-bond donors (Lipinski definition) is 1. The molecule has 4 heteroatoms. The molecule has 0 aliphatic carbocycles. The number of hydrogen-bond acceptors (Lipinski definition) is 3. The van der Waals surface area contributed by atoms with Crippen LogP contribution in [-0.4, -0.2) is 31.0 Å². The van der Waals surface area contributed by atoms with Gasteiger partial charge in [-0.2, -0.15) is 0 Å². The smallest absolute Gasteiger partial charge is 0.221 e. The summed E-state index contributed by atoms with van der Waals surface area (Å²) in [6.07, 6.45) is 3.82. The van der Waals surface area contributed by atoms with Crippen LogP contribution in [0.1, 0.15) is 42.9 Å². The van der Waals surface area contributed by atoms with Crippen molar-refractivity contribution in [3.63, 3.8) is 0 Å². The molecule has 3 rings (SSSR count). The monoisotopic (exact) mass is 352 g/mol. The SMILES string of the molecule is COc1cccc(CN2CCCCCNC(=O)CC2c2ccccc2)c1. The van der Waals surface area contributed by atoms with E-state index in [1.807, 2.05) is 18.2 Å². The van der Waals surface area contributed by atoms with E-state index in [9.17, 15) is 4.79 Å². The molecule has 0 aromatic heterocycles. The number of ether oxygens (including phenoxy) is 1. The number of carbonyl (C=O) groups excluding carboxylic acids is 1. The van der Waals surface area contributed by atoms with Crippen LogP contribution < -0.4 is 10.1 Å². The molecule has 0 spiro atoms. The number of benzene rings is 2. The Morgan fingerprint density at radius 1 is 1.08 bits per heavy atom. The van der Waals surface area contributed by atoms with Crippen molar-refractivity contribution in [3.05, 3.63) is 65.7 Å². The summed E-state index contributed by atoms with van der Waals surface area (Å²) in [7, 11) is 1.69. The van der Waals surface area contributed by atoms with Gasteiger partial charge in [-0.1, -0.05) is 48.9 Å². The molecule has 4 nitrogen and oxygen atoms in total. The summed E-state index contributed by atoms with van der Waals surface area (Å²) < 4.78 is 5.37. The molecule has 1 aliphatic heterocycles. The largest absolute Gasteiger partial charge is 0.497 e. The Balaban J connectivity index is 1.87. The number of rotatable bonds is 4. The van der Waals surface area contributed by atoms with E-state index in [2.05, 4.69) is 46.6 Å². The zero-order chi connectivity index (χ0) is 18.2. The average Bonchev–Trinajstić information content (AvgIpc) is 2.68. The van der Waals surface area contributed by atoms with E-state index in [0.717, 1.165) is 44.6 Å². The van der Waals surface area contributed by atoms with Gasteiger partial charge in [0.15, 0.2) is 0 Å². The molecule has 1 fully saturated rings. The summed E-state index contributed by atoms with van der Waals surface area (Å²) in [4.78, 5) is 14.9. The first-order chi connectivity index (χ1) is 12.8. The topological polar surface area (TPSA) is 41.6 Å². The summed E-state index contributed by atoms with van der Waals surface area (Å²) in [5.74, 6) is 1.01. The van der Waals surface area contributed by atoms with Crippen molar-refractivity contribution in [2.75, 3.05) is 20.2 Å². The lowest BCUT2D eigenvalue weighted by Crippen LogP contribution is -2.36. The Morgan fingerprint density at radius 3 is 2.73 bits per heavy atom. The van der Waals surface area contributed by atoms with Gasteiger partial charge in [-0.15, -0.1) is 0 Å². The van der Waals surface area contributed by atoms with Gasteiger partial charge in [0.05, 0.1) is 7.11 Å². The Labute approximate surface area is 156 Å². The van der Waals surface area contributed by atoms with Crippen LogP contribution in [0, 0.1) is 0 Å². The molecule has 1 unspecified atom stereocenters. The van der Waals surface area contributed by atoms with Crippen molar-refractivity contribution in [3.8, 4) is 5.75 Å². The Bertz CT molecular complexity index is 702. The van der Waals surface area contributed by atoms with Crippen LogP contribution >= 0.6 is 0 Å². The van der Waals surface area contributed by atoms with E-state index in [4.69, 9.17) is 4.74 Å². The Hall–Kier alpha value is -2.33. The molecular formula is C22H28N2O2. The molecule has 2 aromatic rings. The molecule has 1 saturated heterocycles. The summed E-state index contributed by atoms with van der Waals surface area (Å²) in [6, 6.07) is 18.7. The average molecular weight is 352 g/mol. The van der Waals surface area contributed by atoms with E-state index >= 15 is 0 Å². The van der Waals surface area contributed by atoms with Gasteiger partial charge < -0.3 is 10.1 Å². The number of nitrogens with zero attached hydrogens (tertiary/aromatic N) is 1. The molecular weight excluding hydrogens is 324 g/mol. The highest BCUT2D eigenvalue weighted by Gasteiger charge is 2.24. The third kappa shape index (κ3) is 5.09. The maximum absolute atomic E-state index is 12.4. The van der Waals surface area contributed by atoms with Crippen molar-refractivity contribution in [2.45, 2.75) is 38.3 Å². The van der Waals surface area contributed by atoms with Gasteiger partial charge in [0.25, 0.3) is 0 Å². The molecule has 26 heavy (non-hydrogen) atoms. The predicted octanol–water partition coefficient (Wildman–Crippen LogP) is 3.93. The number of nitrogens with one attached hydrogen (secondary N) is 1. The standard InChI is InChI=1S/C22H28N2O2/c1-26-20-12-8-9-18(15-20)17-24-14-7-3-6-13-23-22(25)16-21(24)19-10-4-2-5-11-19/h2,4-5,8-12,15,21H,3,6-7,13-14,16-17H2,1H3,(H,23,25). The fourth-order valence-corrected chi connectivity index (χ4v) is 3.58. The van der Waals surface area contributed by atoms with Crippen LogP contribution in [0.5, 0.6) is 5.75 Å². The maximum atomic E-state index is 12.4. The normalized spacial score (nSPS) is 19.6. The molecule has 1 N–H and O–H groups in total. The van der Waals surface area contributed by atoms with Gasteiger partial charge in [-0.3, -0.25) is 9.69 Å². The third-order valence-electron chi connectivity index (χ3n) is 4.97. The lowest BCUT2D eigenvalue weighted by molar-refractivity contribution is -0.122. The summed E-state index contributed by atoms with van der Waals surface area (Å²) in [5, 5.41) is 3.07. The van der Waals surface area contributed by atoms with E-state index < -0.39 is 0 Å². The first-order valence-electron chi connectivity index (χ1n) is 9.45. The molecule has 1 aliphatic rings.